The highest BCUT2D eigenvalue weighted by molar-refractivity contribution is 5.95. The van der Waals surface area contributed by atoms with Gasteiger partial charge in [-0.1, -0.05) is 18.6 Å². The van der Waals surface area contributed by atoms with Gasteiger partial charge in [0.15, 0.2) is 0 Å². The van der Waals surface area contributed by atoms with Gasteiger partial charge < -0.3 is 16.4 Å². The second-order valence-electron chi connectivity index (χ2n) is 7.00. The van der Waals surface area contributed by atoms with E-state index in [4.69, 9.17) is 5.73 Å². The lowest BCUT2D eigenvalue weighted by molar-refractivity contribution is -0.143. The minimum absolute atomic E-state index is 0.0314. The van der Waals surface area contributed by atoms with Gasteiger partial charge in [-0.15, -0.1) is 0 Å². The highest BCUT2D eigenvalue weighted by Crippen LogP contribution is 2.36. The van der Waals surface area contributed by atoms with Crippen LogP contribution in [-0.2, 0) is 17.1 Å². The van der Waals surface area contributed by atoms with Crippen LogP contribution in [0.5, 0.6) is 0 Å². The monoisotopic (exact) mass is 461 g/mol. The molecule has 0 fully saturated rings. The van der Waals surface area contributed by atoms with E-state index in [9.17, 15) is 35.9 Å². The van der Waals surface area contributed by atoms with E-state index in [1.165, 1.54) is 0 Å². The number of amides is 2. The van der Waals surface area contributed by atoms with Gasteiger partial charge in [-0.3, -0.25) is 9.59 Å². The molecule has 0 aromatic heterocycles. The summed E-state index contributed by atoms with van der Waals surface area (Å²) in [5.41, 5.74) is 2.80. The van der Waals surface area contributed by atoms with Crippen LogP contribution in [0.15, 0.2) is 42.5 Å². The van der Waals surface area contributed by atoms with Crippen molar-refractivity contribution in [3.05, 3.63) is 59.2 Å². The molecule has 0 heterocycles. The number of carbonyl (C=O) groups excluding carboxylic acids is 2. The van der Waals surface area contributed by atoms with Gasteiger partial charge in [0.1, 0.15) is 0 Å². The molecular weight excluding hydrogens is 440 g/mol. The van der Waals surface area contributed by atoms with Gasteiger partial charge in [-0.2, -0.15) is 26.3 Å². The lowest BCUT2D eigenvalue weighted by atomic mass is 10.0. The molecule has 0 unspecified atom stereocenters. The molecule has 0 aliphatic heterocycles. The van der Waals surface area contributed by atoms with E-state index in [0.29, 0.717) is 42.8 Å². The summed E-state index contributed by atoms with van der Waals surface area (Å²) in [5.74, 6) is -1.30. The van der Waals surface area contributed by atoms with Gasteiger partial charge in [-0.05, 0) is 43.2 Å². The maximum absolute atomic E-state index is 12.9. The molecule has 11 heteroatoms. The van der Waals surface area contributed by atoms with Crippen molar-refractivity contribution < 1.29 is 35.9 Å². The molecular formula is C21H21F6N3O2. The van der Waals surface area contributed by atoms with Crippen LogP contribution in [0.4, 0.5) is 37.7 Å². The van der Waals surface area contributed by atoms with Crippen molar-refractivity contribution in [1.82, 2.24) is 5.32 Å². The third kappa shape index (κ3) is 7.47. The number of carbonyl (C=O) groups is 2. The Kier molecular flexibility index (Phi) is 8.12. The highest BCUT2D eigenvalue weighted by Gasteiger charge is 2.37. The summed E-state index contributed by atoms with van der Waals surface area (Å²) < 4.78 is 77.3. The molecule has 2 rings (SSSR count). The molecule has 2 amide bonds. The van der Waals surface area contributed by atoms with Gasteiger partial charge in [0.25, 0.3) is 5.91 Å². The van der Waals surface area contributed by atoms with Crippen LogP contribution in [0.1, 0.15) is 47.2 Å². The van der Waals surface area contributed by atoms with Crippen molar-refractivity contribution in [3.8, 4) is 0 Å². The topological polar surface area (TPSA) is 84.2 Å². The molecule has 0 aliphatic carbocycles. The second kappa shape index (κ2) is 10.4. The number of alkyl halides is 6. The quantitative estimate of drug-likeness (QED) is 0.286. The Bertz CT molecular complexity index is 925. The number of nitrogens with two attached hydrogens (primary N) is 1. The Morgan fingerprint density at radius 2 is 1.44 bits per heavy atom. The van der Waals surface area contributed by atoms with E-state index >= 15 is 0 Å². The van der Waals surface area contributed by atoms with Crippen LogP contribution < -0.4 is 16.4 Å². The van der Waals surface area contributed by atoms with Crippen LogP contribution in [0.25, 0.3) is 0 Å². The van der Waals surface area contributed by atoms with Gasteiger partial charge in [0.05, 0.1) is 22.5 Å². The molecule has 4 N–H and O–H groups in total. The summed E-state index contributed by atoms with van der Waals surface area (Å²) in [6.07, 6.45) is -8.50. The molecule has 32 heavy (non-hydrogen) atoms. The summed E-state index contributed by atoms with van der Waals surface area (Å²) in [7, 11) is 0. The van der Waals surface area contributed by atoms with Gasteiger partial charge in [0, 0.05) is 18.5 Å². The number of para-hydroxylation sites is 2. The molecule has 0 saturated carbocycles. The Morgan fingerprint density at radius 3 is 2.00 bits per heavy atom. The molecule has 0 bridgehead atoms. The number of anilines is 2. The van der Waals surface area contributed by atoms with Crippen LogP contribution in [-0.4, -0.2) is 18.4 Å². The van der Waals surface area contributed by atoms with E-state index in [0.717, 1.165) is 0 Å². The van der Waals surface area contributed by atoms with E-state index < -0.39 is 35.0 Å². The molecule has 0 atom stereocenters. The standard InChI is InChI=1S/C21H21F6N3O2/c22-20(23,24)14-10-13(11-15(12-14)21(25,26)27)19(32)29-9-5-1-2-8-18(31)30-17-7-4-3-6-16(17)28/h3-4,6-7,10-12H,1-2,5,8-9,28H2,(H,29,32)(H,30,31). The lowest BCUT2D eigenvalue weighted by Crippen LogP contribution is -2.25. The summed E-state index contributed by atoms with van der Waals surface area (Å²) >= 11 is 0. The van der Waals surface area contributed by atoms with E-state index in [1.54, 1.807) is 24.3 Å². The van der Waals surface area contributed by atoms with Crippen molar-refractivity contribution in [3.63, 3.8) is 0 Å². The van der Waals surface area contributed by atoms with E-state index in [-0.39, 0.29) is 24.9 Å². The average Bonchev–Trinajstić information content (AvgIpc) is 2.70. The number of benzene rings is 2. The van der Waals surface area contributed by atoms with Gasteiger partial charge >= 0.3 is 12.4 Å². The molecule has 0 saturated heterocycles. The Labute approximate surface area is 180 Å². The molecule has 0 radical (unpaired) electrons. The average molecular weight is 461 g/mol. The molecule has 5 nitrogen and oxygen atoms in total. The predicted molar refractivity (Wildman–Crippen MR) is 107 cm³/mol. The Hall–Kier alpha value is -3.24. The van der Waals surface area contributed by atoms with Crippen LogP contribution in [0, 0.1) is 0 Å². The van der Waals surface area contributed by atoms with Crippen molar-refractivity contribution >= 4 is 23.2 Å². The fourth-order valence-electron chi connectivity index (χ4n) is 2.80. The third-order valence-corrected chi connectivity index (χ3v) is 4.45. The SMILES string of the molecule is Nc1ccccc1NC(=O)CCCCCNC(=O)c1cc(C(F)(F)F)cc(C(F)(F)F)c1. The van der Waals surface area contributed by atoms with Crippen molar-refractivity contribution in [2.45, 2.75) is 38.0 Å². The zero-order chi connectivity index (χ0) is 23.9. The normalized spacial score (nSPS) is 11.8. The fraction of sp³-hybridized carbons (Fsp3) is 0.333. The largest absolute Gasteiger partial charge is 0.416 e. The lowest BCUT2D eigenvalue weighted by Gasteiger charge is -2.14. The molecule has 0 spiro atoms. The minimum Gasteiger partial charge on any atom is -0.397 e. The molecule has 174 valence electrons. The van der Waals surface area contributed by atoms with Crippen molar-refractivity contribution in [2.75, 3.05) is 17.6 Å². The first kappa shape index (κ1) is 25.0. The Balaban J connectivity index is 1.82. The zero-order valence-electron chi connectivity index (χ0n) is 16.7. The zero-order valence-corrected chi connectivity index (χ0v) is 16.7. The van der Waals surface area contributed by atoms with Gasteiger partial charge in [0.2, 0.25) is 5.91 Å². The number of nitrogen functional groups attached to an aromatic ring is 1. The first-order valence-electron chi connectivity index (χ1n) is 9.60. The molecule has 2 aromatic rings. The summed E-state index contributed by atoms with van der Waals surface area (Å²) in [6, 6.07) is 7.46. The number of unbranched alkanes of at least 4 members (excludes halogenated alkanes) is 2. The number of rotatable bonds is 8. The predicted octanol–water partition coefficient (Wildman–Crippen LogP) is 5.24. The molecule has 2 aromatic carbocycles. The fourth-order valence-corrected chi connectivity index (χ4v) is 2.80. The van der Waals surface area contributed by atoms with E-state index in [2.05, 4.69) is 10.6 Å². The first-order valence-corrected chi connectivity index (χ1v) is 9.60. The summed E-state index contributed by atoms with van der Waals surface area (Å²) in [6.45, 7) is 0.0314. The maximum atomic E-state index is 12.9. The highest BCUT2D eigenvalue weighted by atomic mass is 19.4. The van der Waals surface area contributed by atoms with Crippen LogP contribution in [0.2, 0.25) is 0 Å². The van der Waals surface area contributed by atoms with Crippen LogP contribution in [0.3, 0.4) is 0 Å². The molecule has 0 aliphatic rings. The summed E-state index contributed by atoms with van der Waals surface area (Å²) in [4.78, 5) is 24.0. The summed E-state index contributed by atoms with van der Waals surface area (Å²) in [5, 5.41) is 4.96. The van der Waals surface area contributed by atoms with Crippen molar-refractivity contribution in [2.24, 2.45) is 0 Å². The third-order valence-electron chi connectivity index (χ3n) is 4.45. The number of halogens is 6. The van der Waals surface area contributed by atoms with Gasteiger partial charge in [-0.25, -0.2) is 0 Å². The number of hydrogen-bond acceptors (Lipinski definition) is 3. The van der Waals surface area contributed by atoms with Crippen molar-refractivity contribution in [1.29, 1.82) is 0 Å². The first-order chi connectivity index (χ1) is 14.9. The second-order valence-corrected chi connectivity index (χ2v) is 7.00. The number of hydrogen-bond donors (Lipinski definition) is 3. The Morgan fingerprint density at radius 1 is 0.844 bits per heavy atom. The van der Waals surface area contributed by atoms with Crippen LogP contribution >= 0.6 is 0 Å². The smallest absolute Gasteiger partial charge is 0.397 e. The van der Waals surface area contributed by atoms with E-state index in [1.807, 2.05) is 0 Å². The maximum Gasteiger partial charge on any atom is 0.416 e. The number of nitrogens with one attached hydrogen (secondary N) is 2. The minimum atomic E-state index is -5.03.